The van der Waals surface area contributed by atoms with Crippen LogP contribution in [0, 0.1) is 5.41 Å². The summed E-state index contributed by atoms with van der Waals surface area (Å²) in [5, 5.41) is 3.00. The third-order valence-corrected chi connectivity index (χ3v) is 5.32. The summed E-state index contributed by atoms with van der Waals surface area (Å²) in [7, 11) is 0. The Bertz CT molecular complexity index is 633. The first-order valence-corrected chi connectivity index (χ1v) is 9.29. The third-order valence-electron chi connectivity index (χ3n) is 5.32. The van der Waals surface area contributed by atoms with Gasteiger partial charge in [-0.3, -0.25) is 0 Å². The molecular formula is C22H31Hf-. The Morgan fingerprint density at radius 1 is 0.957 bits per heavy atom. The number of aryl methyl sites for hydroxylation is 1. The van der Waals surface area contributed by atoms with E-state index in [-0.39, 0.29) is 25.8 Å². The molecule has 124 valence electrons. The predicted molar refractivity (Wildman–Crippen MR) is 97.8 cm³/mol. The monoisotopic (exact) mass is 475 g/mol. The van der Waals surface area contributed by atoms with Gasteiger partial charge in [-0.2, -0.15) is 6.07 Å². The fraction of sp³-hybridized carbons (Fsp3) is 0.591. The van der Waals surface area contributed by atoms with Crippen molar-refractivity contribution < 1.29 is 25.8 Å². The summed E-state index contributed by atoms with van der Waals surface area (Å²) in [5.74, 6) is 0. The average Bonchev–Trinajstić information content (AvgIpc) is 2.98. The van der Waals surface area contributed by atoms with Crippen LogP contribution in [0.5, 0.6) is 0 Å². The van der Waals surface area contributed by atoms with Gasteiger partial charge >= 0.3 is 0 Å². The summed E-state index contributed by atoms with van der Waals surface area (Å²) in [6.07, 6.45) is 12.1. The number of fused-ring (bicyclic) bond motifs is 2. The van der Waals surface area contributed by atoms with Crippen LogP contribution in [0.4, 0.5) is 0 Å². The second-order valence-electron chi connectivity index (χ2n) is 8.10. The topological polar surface area (TPSA) is 0 Å². The van der Waals surface area contributed by atoms with E-state index >= 15 is 0 Å². The summed E-state index contributed by atoms with van der Waals surface area (Å²) < 4.78 is 0. The zero-order valence-electron chi connectivity index (χ0n) is 15.2. The molecule has 0 N–H and O–H groups in total. The molecule has 2 aromatic carbocycles. The van der Waals surface area contributed by atoms with E-state index < -0.39 is 0 Å². The maximum Gasteiger partial charge on any atom is 0 e. The second kappa shape index (κ2) is 8.19. The first-order valence-electron chi connectivity index (χ1n) is 9.29. The van der Waals surface area contributed by atoms with Gasteiger partial charge in [0, 0.05) is 25.8 Å². The molecule has 0 amide bonds. The molecule has 0 aliphatic heterocycles. The number of rotatable bonds is 7. The van der Waals surface area contributed by atoms with Crippen molar-refractivity contribution in [3.05, 3.63) is 41.0 Å². The Kier molecular flexibility index (Phi) is 6.77. The van der Waals surface area contributed by atoms with Crippen molar-refractivity contribution in [3.8, 4) is 0 Å². The van der Waals surface area contributed by atoms with Crippen molar-refractivity contribution in [2.75, 3.05) is 0 Å². The smallest absolute Gasteiger partial charge is 0 e. The summed E-state index contributed by atoms with van der Waals surface area (Å²) >= 11 is 0. The van der Waals surface area contributed by atoms with Crippen molar-refractivity contribution in [1.29, 1.82) is 0 Å². The van der Waals surface area contributed by atoms with Crippen molar-refractivity contribution in [1.82, 2.24) is 0 Å². The fourth-order valence-electron chi connectivity index (χ4n) is 4.14. The number of hydrogen-bond donors (Lipinski definition) is 0. The number of hydrogen-bond acceptors (Lipinski definition) is 0. The third kappa shape index (κ3) is 4.62. The van der Waals surface area contributed by atoms with Gasteiger partial charge in [-0.1, -0.05) is 76.8 Å². The van der Waals surface area contributed by atoms with Crippen LogP contribution < -0.4 is 0 Å². The van der Waals surface area contributed by atoms with Crippen LogP contribution in [0.1, 0.15) is 76.0 Å². The first-order chi connectivity index (χ1) is 10.6. The minimum atomic E-state index is 0. The van der Waals surface area contributed by atoms with Crippen molar-refractivity contribution >= 4 is 10.8 Å². The van der Waals surface area contributed by atoms with E-state index in [1.807, 2.05) is 0 Å². The van der Waals surface area contributed by atoms with Gasteiger partial charge < -0.3 is 0 Å². The van der Waals surface area contributed by atoms with Gasteiger partial charge in [-0.25, -0.2) is 0 Å². The molecule has 0 radical (unpaired) electrons. The molecule has 1 aliphatic rings. The van der Waals surface area contributed by atoms with E-state index in [0.717, 1.165) is 0 Å². The van der Waals surface area contributed by atoms with Crippen LogP contribution in [-0.4, -0.2) is 0 Å². The van der Waals surface area contributed by atoms with Crippen LogP contribution in [0.15, 0.2) is 24.3 Å². The summed E-state index contributed by atoms with van der Waals surface area (Å²) in [6.45, 7) is 7.08. The van der Waals surface area contributed by atoms with Gasteiger partial charge in [-0.05, 0) is 18.3 Å². The van der Waals surface area contributed by atoms with Gasteiger partial charge in [0.2, 0.25) is 0 Å². The van der Waals surface area contributed by atoms with Gasteiger partial charge in [0.15, 0.2) is 0 Å². The minimum Gasteiger partial charge on any atom is -0.168 e. The molecule has 0 unspecified atom stereocenters. The van der Waals surface area contributed by atoms with E-state index in [1.165, 1.54) is 68.6 Å². The van der Waals surface area contributed by atoms with Crippen molar-refractivity contribution in [3.63, 3.8) is 0 Å². The van der Waals surface area contributed by atoms with Gasteiger partial charge in [0.25, 0.3) is 0 Å². The Balaban J connectivity index is 0.00000192. The summed E-state index contributed by atoms with van der Waals surface area (Å²) in [6, 6.07) is 9.68. The first kappa shape index (κ1) is 19.0. The Morgan fingerprint density at radius 3 is 2.35 bits per heavy atom. The normalized spacial score (nSPS) is 15.6. The zero-order valence-corrected chi connectivity index (χ0v) is 18.8. The standard InChI is InChI=1S/C22H31.Hf/c1-4-5-6-7-8-9-10-17-11-12-18-13-19-15-22(2,3)16-20(19)14-21(17)18;/h11-14H,4-10,15-16H2,1-3H3;/q-1;. The van der Waals surface area contributed by atoms with Gasteiger partial charge in [0.05, 0.1) is 0 Å². The van der Waals surface area contributed by atoms with Gasteiger partial charge in [-0.15, -0.1) is 34.5 Å². The van der Waals surface area contributed by atoms with Crippen LogP contribution in [0.3, 0.4) is 0 Å². The van der Waals surface area contributed by atoms with Gasteiger partial charge in [0.1, 0.15) is 0 Å². The molecule has 0 bridgehead atoms. The minimum absolute atomic E-state index is 0. The Morgan fingerprint density at radius 2 is 1.61 bits per heavy atom. The molecule has 0 spiro atoms. The molecule has 0 fully saturated rings. The molecule has 1 aliphatic carbocycles. The quantitative estimate of drug-likeness (QED) is 0.242. The molecule has 1 heteroatoms. The van der Waals surface area contributed by atoms with Crippen LogP contribution in [-0.2, 0) is 45.1 Å². The maximum atomic E-state index is 2.51. The molecule has 0 atom stereocenters. The largest absolute Gasteiger partial charge is 0.168 e. The van der Waals surface area contributed by atoms with E-state index in [1.54, 1.807) is 16.7 Å². The number of benzene rings is 1. The molecule has 0 saturated heterocycles. The molecule has 23 heavy (non-hydrogen) atoms. The summed E-state index contributed by atoms with van der Waals surface area (Å²) in [5.41, 5.74) is 5.24. The van der Waals surface area contributed by atoms with E-state index in [4.69, 9.17) is 0 Å². The van der Waals surface area contributed by atoms with E-state index in [0.29, 0.717) is 5.41 Å². The van der Waals surface area contributed by atoms with Crippen LogP contribution >= 0.6 is 0 Å². The molecule has 0 heterocycles. The fourth-order valence-corrected chi connectivity index (χ4v) is 4.14. The van der Waals surface area contributed by atoms with E-state index in [2.05, 4.69) is 45.0 Å². The van der Waals surface area contributed by atoms with Crippen LogP contribution in [0.25, 0.3) is 10.8 Å². The molecule has 3 rings (SSSR count). The number of unbranched alkanes of at least 4 members (excludes halogenated alkanes) is 5. The molecule has 0 aromatic heterocycles. The maximum absolute atomic E-state index is 2.51. The predicted octanol–water partition coefficient (Wildman–Crippen LogP) is 6.58. The summed E-state index contributed by atoms with van der Waals surface area (Å²) in [4.78, 5) is 0. The second-order valence-corrected chi connectivity index (χ2v) is 8.10. The molecule has 0 nitrogen and oxygen atoms in total. The van der Waals surface area contributed by atoms with Crippen LogP contribution in [0.2, 0.25) is 0 Å². The molecule has 0 saturated carbocycles. The SMILES string of the molecule is CCCCCCCC[c-]1ccc2cc3c(cc21)CC(C)(C)C3.[Hf]. The Labute approximate surface area is 161 Å². The molecular weight excluding hydrogens is 443 g/mol. The average molecular weight is 474 g/mol. The van der Waals surface area contributed by atoms with Crippen molar-refractivity contribution in [2.24, 2.45) is 5.41 Å². The Hall–Kier alpha value is -0.300. The molecule has 2 aromatic rings. The van der Waals surface area contributed by atoms with Crippen molar-refractivity contribution in [2.45, 2.75) is 78.6 Å². The zero-order chi connectivity index (χ0) is 15.6. The van der Waals surface area contributed by atoms with E-state index in [9.17, 15) is 0 Å².